The second-order valence-corrected chi connectivity index (χ2v) is 4.26. The van der Waals surface area contributed by atoms with Gasteiger partial charge in [0.15, 0.2) is 0 Å². The van der Waals surface area contributed by atoms with Crippen LogP contribution in [0.25, 0.3) is 0 Å². The summed E-state index contributed by atoms with van der Waals surface area (Å²) in [5, 5.41) is 0. The fourth-order valence-electron chi connectivity index (χ4n) is 2.36. The lowest BCUT2D eigenvalue weighted by Crippen LogP contribution is -2.33. The summed E-state index contributed by atoms with van der Waals surface area (Å²) in [6.07, 6.45) is 4.09. The van der Waals surface area contributed by atoms with Gasteiger partial charge in [0.1, 0.15) is 0 Å². The number of pyridine rings is 1. The molecule has 16 heavy (non-hydrogen) atoms. The zero-order valence-corrected chi connectivity index (χ0v) is 9.40. The molecule has 4 heteroatoms. The van der Waals surface area contributed by atoms with Crippen molar-refractivity contribution < 1.29 is 4.79 Å². The van der Waals surface area contributed by atoms with Gasteiger partial charge in [-0.05, 0) is 37.8 Å². The number of nitrogens with zero attached hydrogens (tertiary/aromatic N) is 1. The van der Waals surface area contributed by atoms with Crippen LogP contribution in [0.1, 0.15) is 36.6 Å². The first-order valence-electron chi connectivity index (χ1n) is 5.63. The van der Waals surface area contributed by atoms with Crippen LogP contribution in [0.2, 0.25) is 0 Å². The summed E-state index contributed by atoms with van der Waals surface area (Å²) < 4.78 is 0. The molecule has 1 amide bonds. The normalized spacial score (nSPS) is 20.8. The molecule has 1 aliphatic heterocycles. The van der Waals surface area contributed by atoms with E-state index in [0.29, 0.717) is 0 Å². The first-order chi connectivity index (χ1) is 7.72. The molecular weight excluding hydrogens is 204 g/mol. The van der Waals surface area contributed by atoms with Gasteiger partial charge in [-0.1, -0.05) is 0 Å². The molecule has 1 aliphatic rings. The van der Waals surface area contributed by atoms with E-state index in [9.17, 15) is 9.59 Å². The molecule has 2 rings (SSSR count). The number of nitrogens with one attached hydrogen (secondary N) is 1. The van der Waals surface area contributed by atoms with Crippen molar-refractivity contribution in [2.24, 2.45) is 0 Å². The molecule has 0 aliphatic carbocycles. The van der Waals surface area contributed by atoms with Crippen molar-refractivity contribution in [2.45, 2.75) is 32.2 Å². The highest BCUT2D eigenvalue weighted by atomic mass is 16.1. The Balaban J connectivity index is 2.34. The van der Waals surface area contributed by atoms with Gasteiger partial charge in [-0.3, -0.25) is 9.59 Å². The highest BCUT2D eigenvalue weighted by Crippen LogP contribution is 2.30. The average molecular weight is 220 g/mol. The molecule has 1 fully saturated rings. The zero-order valence-electron chi connectivity index (χ0n) is 9.40. The van der Waals surface area contributed by atoms with Gasteiger partial charge >= 0.3 is 0 Å². The van der Waals surface area contributed by atoms with Crippen LogP contribution in [-0.4, -0.2) is 22.8 Å². The van der Waals surface area contributed by atoms with Gasteiger partial charge in [0.25, 0.3) is 0 Å². The number of likely N-dealkylation sites (tertiary alicyclic amines) is 1. The summed E-state index contributed by atoms with van der Waals surface area (Å²) in [7, 11) is 0. The van der Waals surface area contributed by atoms with Gasteiger partial charge < -0.3 is 9.88 Å². The van der Waals surface area contributed by atoms with Crippen molar-refractivity contribution in [2.75, 3.05) is 6.54 Å². The molecule has 0 spiro atoms. The van der Waals surface area contributed by atoms with Crippen LogP contribution >= 0.6 is 0 Å². The van der Waals surface area contributed by atoms with Gasteiger partial charge in [0.2, 0.25) is 12.0 Å². The largest absolute Gasteiger partial charge is 0.338 e. The fraction of sp³-hybridized carbons (Fsp3) is 0.500. The minimum Gasteiger partial charge on any atom is -0.338 e. The third kappa shape index (κ3) is 2.01. The number of hydrogen-bond acceptors (Lipinski definition) is 2. The SMILES string of the molecule is Cc1[nH]c(=O)ccc1[C@H]1CCCCN1C=O. The van der Waals surface area contributed by atoms with Gasteiger partial charge in [0.05, 0.1) is 6.04 Å². The molecule has 0 radical (unpaired) electrons. The maximum atomic E-state index is 11.1. The number of piperidine rings is 1. The first kappa shape index (κ1) is 10.9. The van der Waals surface area contributed by atoms with Crippen LogP contribution in [0.3, 0.4) is 0 Å². The molecule has 0 aromatic carbocycles. The minimum atomic E-state index is -0.0882. The maximum Gasteiger partial charge on any atom is 0.248 e. The number of aryl methyl sites for hydroxylation is 1. The van der Waals surface area contributed by atoms with E-state index in [0.717, 1.165) is 43.5 Å². The van der Waals surface area contributed by atoms with Gasteiger partial charge in [-0.2, -0.15) is 0 Å². The standard InChI is InChI=1S/C12H16N2O2/c1-9-10(5-6-12(16)13-9)11-4-2-3-7-14(11)8-15/h5-6,8,11H,2-4,7H2,1H3,(H,13,16)/t11-/m1/s1. The second kappa shape index (κ2) is 4.51. The minimum absolute atomic E-state index is 0.0882. The second-order valence-electron chi connectivity index (χ2n) is 4.26. The molecular formula is C12H16N2O2. The summed E-state index contributed by atoms with van der Waals surface area (Å²) >= 11 is 0. The highest BCUT2D eigenvalue weighted by molar-refractivity contribution is 5.49. The van der Waals surface area contributed by atoms with E-state index in [2.05, 4.69) is 4.98 Å². The average Bonchev–Trinajstić information content (AvgIpc) is 2.29. The van der Waals surface area contributed by atoms with Crippen LogP contribution in [0.15, 0.2) is 16.9 Å². The monoisotopic (exact) mass is 220 g/mol. The Morgan fingerprint density at radius 1 is 1.44 bits per heavy atom. The Hall–Kier alpha value is -1.58. The first-order valence-corrected chi connectivity index (χ1v) is 5.63. The van der Waals surface area contributed by atoms with Crippen molar-refractivity contribution in [3.8, 4) is 0 Å². The summed E-state index contributed by atoms with van der Waals surface area (Å²) in [5.41, 5.74) is 1.84. The quantitative estimate of drug-likeness (QED) is 0.765. The summed E-state index contributed by atoms with van der Waals surface area (Å²) in [6, 6.07) is 3.49. The third-order valence-corrected chi connectivity index (χ3v) is 3.20. The highest BCUT2D eigenvalue weighted by Gasteiger charge is 2.23. The Labute approximate surface area is 94.3 Å². The summed E-state index contributed by atoms with van der Waals surface area (Å²) in [6.45, 7) is 2.70. The molecule has 1 N–H and O–H groups in total. The molecule has 1 aromatic rings. The number of carbonyl (C=O) groups excluding carboxylic acids is 1. The molecule has 1 saturated heterocycles. The lowest BCUT2D eigenvalue weighted by atomic mass is 9.95. The van der Waals surface area contributed by atoms with Gasteiger partial charge in [0, 0.05) is 18.3 Å². The van der Waals surface area contributed by atoms with E-state index in [1.54, 1.807) is 0 Å². The Morgan fingerprint density at radius 2 is 2.25 bits per heavy atom. The molecule has 86 valence electrons. The number of aromatic amines is 1. The lowest BCUT2D eigenvalue weighted by molar-refractivity contribution is -0.121. The van der Waals surface area contributed by atoms with Crippen LogP contribution in [0, 0.1) is 6.92 Å². The Bertz CT molecular complexity index is 439. The van der Waals surface area contributed by atoms with Gasteiger partial charge in [-0.15, -0.1) is 0 Å². The van der Waals surface area contributed by atoms with E-state index in [4.69, 9.17) is 0 Å². The van der Waals surface area contributed by atoms with Crippen LogP contribution in [0.5, 0.6) is 0 Å². The van der Waals surface area contributed by atoms with E-state index in [1.165, 1.54) is 6.07 Å². The van der Waals surface area contributed by atoms with Gasteiger partial charge in [-0.25, -0.2) is 0 Å². The maximum absolute atomic E-state index is 11.1. The number of H-pyrrole nitrogens is 1. The zero-order chi connectivity index (χ0) is 11.5. The third-order valence-electron chi connectivity index (χ3n) is 3.20. The molecule has 0 saturated carbocycles. The molecule has 0 bridgehead atoms. The van der Waals surface area contributed by atoms with Crippen molar-refractivity contribution in [3.63, 3.8) is 0 Å². The van der Waals surface area contributed by atoms with E-state index < -0.39 is 0 Å². The van der Waals surface area contributed by atoms with Crippen LogP contribution in [0.4, 0.5) is 0 Å². The molecule has 0 unspecified atom stereocenters. The summed E-state index contributed by atoms with van der Waals surface area (Å²) in [5.74, 6) is 0. The van der Waals surface area contributed by atoms with Crippen molar-refractivity contribution >= 4 is 6.41 Å². The van der Waals surface area contributed by atoms with Crippen molar-refractivity contribution in [1.82, 2.24) is 9.88 Å². The molecule has 1 atom stereocenters. The Morgan fingerprint density at radius 3 is 2.94 bits per heavy atom. The van der Waals surface area contributed by atoms with Crippen LogP contribution in [-0.2, 0) is 4.79 Å². The van der Waals surface area contributed by atoms with E-state index in [1.807, 2.05) is 17.9 Å². The number of aromatic nitrogens is 1. The molecule has 4 nitrogen and oxygen atoms in total. The number of amides is 1. The van der Waals surface area contributed by atoms with Crippen LogP contribution < -0.4 is 5.56 Å². The fourth-order valence-corrected chi connectivity index (χ4v) is 2.36. The Kier molecular flexibility index (Phi) is 3.08. The smallest absolute Gasteiger partial charge is 0.248 e. The predicted octanol–water partition coefficient (Wildman–Crippen LogP) is 1.37. The topological polar surface area (TPSA) is 53.2 Å². The van der Waals surface area contributed by atoms with Crippen molar-refractivity contribution in [3.05, 3.63) is 33.7 Å². The van der Waals surface area contributed by atoms with Crippen molar-refractivity contribution in [1.29, 1.82) is 0 Å². The summed E-state index contributed by atoms with van der Waals surface area (Å²) in [4.78, 5) is 26.7. The number of rotatable bonds is 2. The lowest BCUT2D eigenvalue weighted by Gasteiger charge is -2.33. The number of carbonyl (C=O) groups is 1. The number of hydrogen-bond donors (Lipinski definition) is 1. The predicted molar refractivity (Wildman–Crippen MR) is 61.2 cm³/mol. The van der Waals surface area contributed by atoms with E-state index >= 15 is 0 Å². The molecule has 2 heterocycles. The molecule has 1 aromatic heterocycles. The van der Waals surface area contributed by atoms with E-state index in [-0.39, 0.29) is 11.6 Å².